The molecule has 0 fully saturated rings. The van der Waals surface area contributed by atoms with Gasteiger partial charge in [0.2, 0.25) is 0 Å². The zero-order valence-electron chi connectivity index (χ0n) is 4.59. The third-order valence-corrected chi connectivity index (χ3v) is 2.02. The fourth-order valence-electron chi connectivity index (χ4n) is 0.312. The molecule has 0 aromatic rings. The average molecular weight is 133 g/mol. The minimum Gasteiger partial charge on any atom is -0.344 e. The van der Waals surface area contributed by atoms with Gasteiger partial charge < -0.3 is 4.63 Å². The second kappa shape index (κ2) is 6.37. The van der Waals surface area contributed by atoms with Gasteiger partial charge in [-0.3, -0.25) is 0 Å². The predicted molar refractivity (Wildman–Crippen MR) is 38.8 cm³/mol. The van der Waals surface area contributed by atoms with E-state index in [0.717, 1.165) is 5.75 Å². The first-order chi connectivity index (χ1) is 3.41. The van der Waals surface area contributed by atoms with Crippen molar-refractivity contribution in [1.29, 1.82) is 0 Å². The minimum absolute atomic E-state index is 0.392. The fourth-order valence-corrected chi connectivity index (χ4v) is 1.48. The van der Waals surface area contributed by atoms with Crippen molar-refractivity contribution in [1.82, 2.24) is 0 Å². The van der Waals surface area contributed by atoms with Gasteiger partial charge in [0.05, 0.1) is 0 Å². The van der Waals surface area contributed by atoms with Crippen LogP contribution in [0.3, 0.4) is 0 Å². The highest BCUT2D eigenvalue weighted by Crippen LogP contribution is 1.86. The molecule has 0 spiro atoms. The van der Waals surface area contributed by atoms with Crippen molar-refractivity contribution >= 4 is 21.9 Å². The van der Waals surface area contributed by atoms with E-state index in [9.17, 15) is 0 Å². The van der Waals surface area contributed by atoms with Crippen molar-refractivity contribution in [2.75, 3.05) is 12.8 Å². The van der Waals surface area contributed by atoms with Crippen LogP contribution in [0.1, 0.15) is 6.42 Å². The van der Waals surface area contributed by atoms with Crippen LogP contribution in [0.4, 0.5) is 0 Å². The van der Waals surface area contributed by atoms with E-state index in [2.05, 4.69) is 17.3 Å². The molecule has 0 radical (unpaired) electrons. The summed E-state index contributed by atoms with van der Waals surface area (Å²) in [6.45, 7) is 0. The summed E-state index contributed by atoms with van der Waals surface area (Å²) in [4.78, 5) is 0. The zero-order valence-corrected chi connectivity index (χ0v) is 6.64. The maximum atomic E-state index is 4.07. The Morgan fingerprint density at radius 2 is 2.43 bits per heavy atom. The smallest absolute Gasteiger partial charge is 0.105 e. The van der Waals surface area contributed by atoms with E-state index < -0.39 is 0 Å². The third kappa shape index (κ3) is 6.37. The molecule has 0 heterocycles. The molecule has 3 heteroatoms. The van der Waals surface area contributed by atoms with E-state index in [1.54, 1.807) is 0 Å². The van der Waals surface area contributed by atoms with E-state index in [1.165, 1.54) is 12.5 Å². The molecule has 1 nitrogen and oxygen atoms in total. The van der Waals surface area contributed by atoms with Crippen LogP contribution in [0.15, 0.2) is 4.63 Å². The number of nitrogens with zero attached hydrogens (tertiary/aromatic N) is 1. The van der Waals surface area contributed by atoms with Crippen LogP contribution in [0.5, 0.6) is 0 Å². The van der Waals surface area contributed by atoms with Crippen LogP contribution in [0.25, 0.3) is 0 Å². The molecule has 0 aliphatic carbocycles. The lowest BCUT2D eigenvalue weighted by Gasteiger charge is -1.82. The van der Waals surface area contributed by atoms with E-state index in [0.29, 0.717) is 9.31 Å². The van der Waals surface area contributed by atoms with Crippen LogP contribution in [-0.4, -0.2) is 22.1 Å². The van der Waals surface area contributed by atoms with Gasteiger partial charge in [0, 0.05) is 7.05 Å². The van der Waals surface area contributed by atoms with Gasteiger partial charge in [0.25, 0.3) is 0 Å². The number of hydrogen-bond donors (Lipinski definition) is 1. The molecular weight excluding hydrogens is 122 g/mol. The minimum atomic E-state index is 0.392. The van der Waals surface area contributed by atoms with Gasteiger partial charge in [-0.15, -0.1) is 0 Å². The molecule has 0 aromatic heterocycles. The molecule has 0 unspecified atom stereocenters. The lowest BCUT2D eigenvalue weighted by atomic mass is 10.6. The van der Waals surface area contributed by atoms with Crippen molar-refractivity contribution in [2.24, 2.45) is 4.63 Å². The normalized spacial score (nSPS) is 10.6. The molecule has 0 bridgehead atoms. The quantitative estimate of drug-likeness (QED) is 0.335. The Hall–Kier alpha value is 0.367. The Morgan fingerprint density at radius 3 is 2.86 bits per heavy atom. The third-order valence-electron chi connectivity index (χ3n) is 0.674. The highest BCUT2D eigenvalue weighted by molar-refractivity contribution is 7.80. The summed E-state index contributed by atoms with van der Waals surface area (Å²) in [7, 11) is 2.28. The standard InChI is InChI=1S/C4H11NSSi/c1-5-7-4-2-3-6/h6-7H,2-4H2,1H3. The first kappa shape index (κ1) is 7.37. The summed E-state index contributed by atoms with van der Waals surface area (Å²) in [5, 5.41) is 0. The lowest BCUT2D eigenvalue weighted by Crippen LogP contribution is -1.76. The zero-order chi connectivity index (χ0) is 5.54. The Morgan fingerprint density at radius 1 is 1.71 bits per heavy atom. The lowest BCUT2D eigenvalue weighted by molar-refractivity contribution is 1.10. The van der Waals surface area contributed by atoms with Crippen LogP contribution >= 0.6 is 12.6 Å². The second-order valence-corrected chi connectivity index (χ2v) is 3.21. The maximum Gasteiger partial charge on any atom is 0.105 e. The molecule has 0 saturated heterocycles. The highest BCUT2D eigenvalue weighted by atomic mass is 32.1. The van der Waals surface area contributed by atoms with Gasteiger partial charge in [-0.05, 0) is 18.2 Å². The summed E-state index contributed by atoms with van der Waals surface area (Å²) in [6, 6.07) is 1.28. The topological polar surface area (TPSA) is 12.4 Å². The van der Waals surface area contributed by atoms with Gasteiger partial charge in [0.15, 0.2) is 0 Å². The molecule has 7 heavy (non-hydrogen) atoms. The predicted octanol–water partition coefficient (Wildman–Crippen LogP) is 0.974. The number of hydrogen-bond acceptors (Lipinski definition) is 2. The van der Waals surface area contributed by atoms with Crippen LogP contribution < -0.4 is 0 Å². The van der Waals surface area contributed by atoms with E-state index in [1.807, 2.05) is 7.05 Å². The molecule has 0 aliphatic rings. The van der Waals surface area contributed by atoms with Gasteiger partial charge >= 0.3 is 0 Å². The van der Waals surface area contributed by atoms with Crippen molar-refractivity contribution in [3.8, 4) is 0 Å². The summed E-state index contributed by atoms with van der Waals surface area (Å²) in [5.41, 5.74) is 0. The molecule has 0 rings (SSSR count). The number of thiol groups is 1. The summed E-state index contributed by atoms with van der Waals surface area (Å²) in [6.07, 6.45) is 1.23. The average Bonchev–Trinajstić information content (AvgIpc) is 1.69. The van der Waals surface area contributed by atoms with Crippen LogP contribution in [-0.2, 0) is 0 Å². The van der Waals surface area contributed by atoms with Crippen LogP contribution in [0, 0.1) is 0 Å². The molecule has 0 saturated carbocycles. The molecule has 42 valence electrons. The Balaban J connectivity index is 2.69. The molecule has 0 aromatic carbocycles. The van der Waals surface area contributed by atoms with E-state index in [4.69, 9.17) is 0 Å². The monoisotopic (exact) mass is 133 g/mol. The summed E-state index contributed by atoms with van der Waals surface area (Å²) in [5.74, 6) is 1.02. The van der Waals surface area contributed by atoms with Crippen molar-refractivity contribution in [3.05, 3.63) is 0 Å². The van der Waals surface area contributed by atoms with E-state index >= 15 is 0 Å². The first-order valence-corrected chi connectivity index (χ1v) is 4.40. The van der Waals surface area contributed by atoms with Gasteiger partial charge in [-0.25, -0.2) is 0 Å². The van der Waals surface area contributed by atoms with Gasteiger partial charge in [-0.2, -0.15) is 12.6 Å². The maximum absolute atomic E-state index is 4.07. The highest BCUT2D eigenvalue weighted by Gasteiger charge is 1.75. The SMILES string of the molecule is CN=[SiH]CCCS. The molecule has 0 atom stereocenters. The van der Waals surface area contributed by atoms with Gasteiger partial charge in [-0.1, -0.05) is 0 Å². The summed E-state index contributed by atoms with van der Waals surface area (Å²) < 4.78 is 4.02. The van der Waals surface area contributed by atoms with Crippen molar-refractivity contribution in [2.45, 2.75) is 12.5 Å². The molecule has 0 amide bonds. The largest absolute Gasteiger partial charge is 0.344 e. The Bertz CT molecular complexity index is 55.7. The van der Waals surface area contributed by atoms with Crippen molar-refractivity contribution < 1.29 is 0 Å². The Kier molecular flexibility index (Phi) is 6.70. The van der Waals surface area contributed by atoms with Crippen molar-refractivity contribution in [3.63, 3.8) is 0 Å². The fraction of sp³-hybridized carbons (Fsp3) is 1.00. The first-order valence-electron chi connectivity index (χ1n) is 2.43. The van der Waals surface area contributed by atoms with Crippen LogP contribution in [0.2, 0.25) is 6.04 Å². The van der Waals surface area contributed by atoms with E-state index in [-0.39, 0.29) is 0 Å². The molecule has 0 aliphatic heterocycles. The molecule has 0 N–H and O–H groups in total. The molecular formula is C4H11NSSi. The number of rotatable bonds is 3. The Labute approximate surface area is 52.5 Å². The summed E-state index contributed by atoms with van der Waals surface area (Å²) >= 11 is 4.07. The second-order valence-electron chi connectivity index (χ2n) is 1.31. The van der Waals surface area contributed by atoms with Gasteiger partial charge in [0.1, 0.15) is 9.31 Å².